The molecule has 0 amide bonds. The van der Waals surface area contributed by atoms with Gasteiger partial charge in [-0.15, -0.1) is 0 Å². The Hall–Kier alpha value is -1.80. The van der Waals surface area contributed by atoms with Gasteiger partial charge in [-0.3, -0.25) is 4.79 Å². The van der Waals surface area contributed by atoms with Crippen molar-refractivity contribution in [1.29, 1.82) is 0 Å². The van der Waals surface area contributed by atoms with E-state index in [0.717, 1.165) is 18.4 Å². The zero-order valence-electron chi connectivity index (χ0n) is 11.0. The van der Waals surface area contributed by atoms with Gasteiger partial charge in [-0.1, -0.05) is 41.9 Å². The molecular formula is C17H15ClO2. The first kappa shape index (κ1) is 13.2. The zero-order chi connectivity index (χ0) is 13.9. The summed E-state index contributed by atoms with van der Waals surface area (Å²) in [5, 5.41) is 0.493. The smallest absolute Gasteiger partial charge is 0.165 e. The van der Waals surface area contributed by atoms with Crippen molar-refractivity contribution in [2.24, 2.45) is 5.92 Å². The highest BCUT2D eigenvalue weighted by Crippen LogP contribution is 2.34. The van der Waals surface area contributed by atoms with Crippen LogP contribution in [0.5, 0.6) is 5.75 Å². The second kappa shape index (κ2) is 5.68. The number of ketones is 1. The van der Waals surface area contributed by atoms with Crippen molar-refractivity contribution >= 4 is 17.4 Å². The van der Waals surface area contributed by atoms with Crippen molar-refractivity contribution in [2.75, 3.05) is 0 Å². The third kappa shape index (κ3) is 3.02. The summed E-state index contributed by atoms with van der Waals surface area (Å²) in [6, 6.07) is 15.2. The van der Waals surface area contributed by atoms with E-state index in [1.807, 2.05) is 30.3 Å². The maximum Gasteiger partial charge on any atom is 0.165 e. The average Bonchev–Trinajstić information content (AvgIpc) is 3.31. The van der Waals surface area contributed by atoms with E-state index < -0.39 is 0 Å². The van der Waals surface area contributed by atoms with Gasteiger partial charge in [-0.05, 0) is 36.6 Å². The second-order valence-corrected chi connectivity index (χ2v) is 5.47. The molecule has 2 aromatic rings. The summed E-state index contributed by atoms with van der Waals surface area (Å²) in [5.74, 6) is 1.02. The predicted molar refractivity (Wildman–Crippen MR) is 79.3 cm³/mol. The molecule has 1 fully saturated rings. The van der Waals surface area contributed by atoms with Gasteiger partial charge < -0.3 is 4.74 Å². The quantitative estimate of drug-likeness (QED) is 0.756. The van der Waals surface area contributed by atoms with Gasteiger partial charge in [-0.25, -0.2) is 0 Å². The van der Waals surface area contributed by atoms with Gasteiger partial charge in [0.15, 0.2) is 5.78 Å². The third-order valence-electron chi connectivity index (χ3n) is 3.40. The van der Waals surface area contributed by atoms with Gasteiger partial charge >= 0.3 is 0 Å². The van der Waals surface area contributed by atoms with Crippen LogP contribution in [0.25, 0.3) is 0 Å². The van der Waals surface area contributed by atoms with E-state index >= 15 is 0 Å². The predicted octanol–water partition coefficient (Wildman–Crippen LogP) is 4.51. The van der Waals surface area contributed by atoms with Crippen molar-refractivity contribution in [3.63, 3.8) is 0 Å². The van der Waals surface area contributed by atoms with Crippen LogP contribution in [0.1, 0.15) is 28.8 Å². The van der Waals surface area contributed by atoms with E-state index in [9.17, 15) is 4.79 Å². The van der Waals surface area contributed by atoms with Gasteiger partial charge in [-0.2, -0.15) is 0 Å². The molecule has 102 valence electrons. The van der Waals surface area contributed by atoms with E-state index in [0.29, 0.717) is 22.9 Å². The van der Waals surface area contributed by atoms with Crippen LogP contribution in [0, 0.1) is 5.92 Å². The van der Waals surface area contributed by atoms with Crippen LogP contribution < -0.4 is 4.74 Å². The van der Waals surface area contributed by atoms with Crippen LogP contribution in [0.2, 0.25) is 5.02 Å². The molecule has 0 spiro atoms. The van der Waals surface area contributed by atoms with Crippen LogP contribution in [-0.2, 0) is 6.61 Å². The molecule has 0 radical (unpaired) electrons. The minimum absolute atomic E-state index is 0.196. The van der Waals surface area contributed by atoms with Gasteiger partial charge in [0.2, 0.25) is 0 Å². The molecule has 0 unspecified atom stereocenters. The molecule has 3 rings (SSSR count). The minimum Gasteiger partial charge on any atom is -0.487 e. The largest absolute Gasteiger partial charge is 0.487 e. The number of ether oxygens (including phenoxy) is 1. The van der Waals surface area contributed by atoms with E-state index in [4.69, 9.17) is 16.3 Å². The fourth-order valence-electron chi connectivity index (χ4n) is 2.09. The number of hydrogen-bond acceptors (Lipinski definition) is 2. The van der Waals surface area contributed by atoms with Gasteiger partial charge in [0.25, 0.3) is 0 Å². The Morgan fingerprint density at radius 1 is 1.15 bits per heavy atom. The molecule has 20 heavy (non-hydrogen) atoms. The molecule has 2 aromatic carbocycles. The Morgan fingerprint density at radius 3 is 2.55 bits per heavy atom. The standard InChI is InChI=1S/C17H15ClO2/c18-15-10-14(17(19)13-6-7-13)8-9-16(15)20-11-12-4-2-1-3-5-12/h1-5,8-10,13H,6-7,11H2. The van der Waals surface area contributed by atoms with Crippen molar-refractivity contribution in [3.8, 4) is 5.75 Å². The van der Waals surface area contributed by atoms with Crippen LogP contribution in [0.4, 0.5) is 0 Å². The summed E-state index contributed by atoms with van der Waals surface area (Å²) in [6.07, 6.45) is 2.01. The molecule has 0 atom stereocenters. The molecule has 1 saturated carbocycles. The topological polar surface area (TPSA) is 26.3 Å². The lowest BCUT2D eigenvalue weighted by atomic mass is 10.1. The van der Waals surface area contributed by atoms with Crippen LogP contribution >= 0.6 is 11.6 Å². The van der Waals surface area contributed by atoms with E-state index in [-0.39, 0.29) is 11.7 Å². The minimum atomic E-state index is 0.196. The number of carbonyl (C=O) groups is 1. The number of halogens is 1. The number of Topliss-reactive ketones (excluding diaryl/α,β-unsaturated/α-hetero) is 1. The number of carbonyl (C=O) groups excluding carboxylic acids is 1. The Labute approximate surface area is 123 Å². The summed E-state index contributed by atoms with van der Waals surface area (Å²) in [6.45, 7) is 0.469. The Kier molecular flexibility index (Phi) is 3.75. The second-order valence-electron chi connectivity index (χ2n) is 5.06. The molecule has 0 heterocycles. The van der Waals surface area contributed by atoms with Crippen molar-refractivity contribution in [3.05, 3.63) is 64.7 Å². The van der Waals surface area contributed by atoms with Crippen molar-refractivity contribution < 1.29 is 9.53 Å². The lowest BCUT2D eigenvalue weighted by Gasteiger charge is -2.09. The molecule has 2 nitrogen and oxygen atoms in total. The monoisotopic (exact) mass is 286 g/mol. The average molecular weight is 287 g/mol. The van der Waals surface area contributed by atoms with Crippen molar-refractivity contribution in [1.82, 2.24) is 0 Å². The van der Waals surface area contributed by atoms with E-state index in [2.05, 4.69) is 0 Å². The molecule has 0 saturated heterocycles. The first-order chi connectivity index (χ1) is 9.74. The summed E-state index contributed by atoms with van der Waals surface area (Å²) < 4.78 is 5.69. The van der Waals surface area contributed by atoms with Gasteiger partial charge in [0.05, 0.1) is 5.02 Å². The molecular weight excluding hydrogens is 272 g/mol. The molecule has 0 aliphatic heterocycles. The molecule has 0 N–H and O–H groups in total. The van der Waals surface area contributed by atoms with Crippen LogP contribution in [0.3, 0.4) is 0 Å². The Balaban J connectivity index is 1.69. The third-order valence-corrected chi connectivity index (χ3v) is 3.70. The number of rotatable bonds is 5. The Morgan fingerprint density at radius 2 is 1.90 bits per heavy atom. The van der Waals surface area contributed by atoms with E-state index in [1.54, 1.807) is 18.2 Å². The summed E-state index contributed by atoms with van der Waals surface area (Å²) >= 11 is 6.19. The Bertz CT molecular complexity index is 618. The first-order valence-electron chi connectivity index (χ1n) is 6.74. The molecule has 3 heteroatoms. The van der Waals surface area contributed by atoms with Crippen LogP contribution in [-0.4, -0.2) is 5.78 Å². The summed E-state index contributed by atoms with van der Waals surface area (Å²) in [7, 11) is 0. The lowest BCUT2D eigenvalue weighted by Crippen LogP contribution is -2.02. The normalized spacial score (nSPS) is 14.1. The highest BCUT2D eigenvalue weighted by Gasteiger charge is 2.30. The fraction of sp³-hybridized carbons (Fsp3) is 0.235. The first-order valence-corrected chi connectivity index (χ1v) is 7.12. The lowest BCUT2D eigenvalue weighted by molar-refractivity contribution is 0.0967. The van der Waals surface area contributed by atoms with Gasteiger partial charge in [0.1, 0.15) is 12.4 Å². The molecule has 0 aromatic heterocycles. The fourth-order valence-corrected chi connectivity index (χ4v) is 2.32. The maximum absolute atomic E-state index is 12.0. The SMILES string of the molecule is O=C(c1ccc(OCc2ccccc2)c(Cl)c1)C1CC1. The summed E-state index contributed by atoms with van der Waals surface area (Å²) in [4.78, 5) is 12.0. The van der Waals surface area contributed by atoms with Crippen molar-refractivity contribution in [2.45, 2.75) is 19.4 Å². The highest BCUT2D eigenvalue weighted by molar-refractivity contribution is 6.32. The number of benzene rings is 2. The van der Waals surface area contributed by atoms with E-state index in [1.165, 1.54) is 0 Å². The summed E-state index contributed by atoms with van der Waals surface area (Å²) in [5.41, 5.74) is 1.77. The van der Waals surface area contributed by atoms with Gasteiger partial charge in [0, 0.05) is 11.5 Å². The molecule has 1 aliphatic rings. The molecule has 1 aliphatic carbocycles. The molecule has 0 bridgehead atoms. The number of hydrogen-bond donors (Lipinski definition) is 0. The maximum atomic E-state index is 12.0. The zero-order valence-corrected chi connectivity index (χ0v) is 11.8. The highest BCUT2D eigenvalue weighted by atomic mass is 35.5. The van der Waals surface area contributed by atoms with Crippen LogP contribution in [0.15, 0.2) is 48.5 Å².